The molecule has 1 aliphatic heterocycles. The third-order valence-electron chi connectivity index (χ3n) is 1.50. The highest BCUT2D eigenvalue weighted by atomic mass is 35.5. The van der Waals surface area contributed by atoms with E-state index >= 15 is 0 Å². The van der Waals surface area contributed by atoms with E-state index in [0.29, 0.717) is 25.5 Å². The minimum absolute atomic E-state index is 0.542. The molecule has 0 radical (unpaired) electrons. The number of halogens is 2. The Morgan fingerprint density at radius 3 is 2.90 bits per heavy atom. The molecule has 10 heavy (non-hydrogen) atoms. The Morgan fingerprint density at radius 1 is 1.60 bits per heavy atom. The minimum atomic E-state index is -0.542. The molecule has 0 aromatic rings. The van der Waals surface area contributed by atoms with Crippen LogP contribution in [0.5, 0.6) is 0 Å². The number of alkyl halides is 2. The summed E-state index contributed by atoms with van der Waals surface area (Å²) in [5.74, 6) is 0.547. The average molecular weight is 184 g/mol. The molecule has 1 aliphatic rings. The van der Waals surface area contributed by atoms with Gasteiger partial charge < -0.3 is 10.1 Å². The summed E-state index contributed by atoms with van der Waals surface area (Å²) in [5, 5.41) is 2.60. The topological polar surface area (TPSA) is 21.3 Å². The van der Waals surface area contributed by atoms with Gasteiger partial charge in [0.1, 0.15) is 0 Å². The molecule has 1 heterocycles. The lowest BCUT2D eigenvalue weighted by molar-refractivity contribution is -0.00573. The summed E-state index contributed by atoms with van der Waals surface area (Å²) >= 11 is 11.5. The Balaban J connectivity index is 2.32. The van der Waals surface area contributed by atoms with Crippen molar-refractivity contribution < 1.29 is 4.74 Å². The highest BCUT2D eigenvalue weighted by molar-refractivity contribution is 6.24. The van der Waals surface area contributed by atoms with Gasteiger partial charge in [-0.3, -0.25) is 0 Å². The molecular formula is C6H11Cl2NO. The Kier molecular flexibility index (Phi) is 3.24. The Labute approximate surface area is 70.8 Å². The predicted molar refractivity (Wildman–Crippen MR) is 42.7 cm³/mol. The molecular weight excluding hydrogens is 173 g/mol. The van der Waals surface area contributed by atoms with Gasteiger partial charge >= 0.3 is 0 Å². The number of hydrogen-bond donors (Lipinski definition) is 1. The van der Waals surface area contributed by atoms with Crippen molar-refractivity contribution in [2.45, 2.75) is 11.5 Å². The number of nitrogens with one attached hydrogen (secondary N) is 1. The summed E-state index contributed by atoms with van der Waals surface area (Å²) in [5.41, 5.74) is 0. The van der Waals surface area contributed by atoms with Crippen molar-refractivity contribution in [2.24, 2.45) is 0 Å². The first kappa shape index (κ1) is 8.60. The molecule has 0 amide bonds. The highest BCUT2D eigenvalue weighted by Crippen LogP contribution is 2.23. The lowest BCUT2D eigenvalue weighted by Gasteiger charge is -2.31. The molecule has 0 spiro atoms. The zero-order valence-corrected chi connectivity index (χ0v) is 7.21. The van der Waals surface area contributed by atoms with Gasteiger partial charge in [-0.2, -0.15) is 0 Å². The van der Waals surface area contributed by atoms with E-state index in [1.165, 1.54) is 0 Å². The normalized spacial score (nSPS) is 34.2. The second kappa shape index (κ2) is 3.77. The van der Waals surface area contributed by atoms with E-state index in [-0.39, 0.29) is 0 Å². The smallest absolute Gasteiger partial charge is 0.155 e. The molecule has 1 atom stereocenters. The largest absolute Gasteiger partial charge is 0.357 e. The van der Waals surface area contributed by atoms with Crippen molar-refractivity contribution in [1.29, 1.82) is 0 Å². The minimum Gasteiger partial charge on any atom is -0.357 e. The summed E-state index contributed by atoms with van der Waals surface area (Å²) in [7, 11) is 0. The van der Waals surface area contributed by atoms with Crippen molar-refractivity contribution in [3.63, 3.8) is 0 Å². The molecule has 0 saturated carbocycles. The van der Waals surface area contributed by atoms with Crippen molar-refractivity contribution in [2.75, 3.05) is 25.6 Å². The lowest BCUT2D eigenvalue weighted by atomic mass is 10.2. The number of ether oxygens (including phenoxy) is 1. The maximum Gasteiger partial charge on any atom is 0.155 e. The van der Waals surface area contributed by atoms with Crippen LogP contribution in [-0.2, 0) is 4.74 Å². The SMILES string of the molecule is ClCCC1(Cl)CNCCO1. The van der Waals surface area contributed by atoms with Gasteiger partial charge in [-0.05, 0) is 0 Å². The Bertz CT molecular complexity index is 98.4. The molecule has 4 heteroatoms. The second-order valence-electron chi connectivity index (χ2n) is 2.35. The molecule has 0 aromatic carbocycles. The third-order valence-corrected chi connectivity index (χ3v) is 2.12. The molecule has 1 saturated heterocycles. The van der Waals surface area contributed by atoms with Crippen molar-refractivity contribution in [3.8, 4) is 0 Å². The van der Waals surface area contributed by atoms with Crippen LogP contribution in [0.4, 0.5) is 0 Å². The van der Waals surface area contributed by atoms with E-state index in [4.69, 9.17) is 27.9 Å². The molecule has 60 valence electrons. The summed E-state index contributed by atoms with van der Waals surface area (Å²) < 4.78 is 5.32. The van der Waals surface area contributed by atoms with Crippen LogP contribution in [0, 0.1) is 0 Å². The van der Waals surface area contributed by atoms with E-state index in [1.54, 1.807) is 0 Å². The molecule has 1 rings (SSSR count). The highest BCUT2D eigenvalue weighted by Gasteiger charge is 2.29. The van der Waals surface area contributed by atoms with Crippen molar-refractivity contribution >= 4 is 23.2 Å². The van der Waals surface area contributed by atoms with Gasteiger partial charge in [0.25, 0.3) is 0 Å². The Morgan fingerprint density at radius 2 is 2.40 bits per heavy atom. The fraction of sp³-hybridized carbons (Fsp3) is 1.00. The van der Waals surface area contributed by atoms with E-state index < -0.39 is 5.06 Å². The van der Waals surface area contributed by atoms with Crippen LogP contribution in [0.3, 0.4) is 0 Å². The van der Waals surface area contributed by atoms with Gasteiger partial charge in [-0.1, -0.05) is 11.6 Å². The lowest BCUT2D eigenvalue weighted by Crippen LogP contribution is -2.46. The van der Waals surface area contributed by atoms with Crippen LogP contribution < -0.4 is 5.32 Å². The van der Waals surface area contributed by atoms with Crippen LogP contribution in [0.25, 0.3) is 0 Å². The van der Waals surface area contributed by atoms with Crippen LogP contribution in [0.15, 0.2) is 0 Å². The maximum atomic E-state index is 6.01. The average Bonchev–Trinajstić information content (AvgIpc) is 1.89. The van der Waals surface area contributed by atoms with Crippen molar-refractivity contribution in [1.82, 2.24) is 5.32 Å². The van der Waals surface area contributed by atoms with E-state index in [0.717, 1.165) is 6.54 Å². The number of morpholine rings is 1. The molecule has 0 bridgehead atoms. The summed E-state index contributed by atoms with van der Waals surface area (Å²) in [4.78, 5) is 0. The van der Waals surface area contributed by atoms with Crippen molar-refractivity contribution in [3.05, 3.63) is 0 Å². The quantitative estimate of drug-likeness (QED) is 0.650. The molecule has 1 fully saturated rings. The fourth-order valence-electron chi connectivity index (χ4n) is 0.934. The molecule has 1 N–H and O–H groups in total. The third kappa shape index (κ3) is 2.27. The van der Waals surface area contributed by atoms with Gasteiger partial charge in [-0.15, -0.1) is 11.6 Å². The molecule has 0 aromatic heterocycles. The van der Waals surface area contributed by atoms with Gasteiger partial charge in [0.15, 0.2) is 5.06 Å². The van der Waals surface area contributed by atoms with Gasteiger partial charge in [0.2, 0.25) is 0 Å². The zero-order valence-electron chi connectivity index (χ0n) is 5.70. The first-order chi connectivity index (χ1) is 4.77. The summed E-state index contributed by atoms with van der Waals surface area (Å²) in [6.45, 7) is 2.26. The molecule has 0 aliphatic carbocycles. The van der Waals surface area contributed by atoms with E-state index in [9.17, 15) is 0 Å². The molecule has 1 unspecified atom stereocenters. The Hall–Kier alpha value is 0.500. The van der Waals surface area contributed by atoms with Gasteiger partial charge in [0, 0.05) is 25.4 Å². The standard InChI is InChI=1S/C6H11Cl2NO/c7-2-1-6(8)5-9-3-4-10-6/h9H,1-5H2. The predicted octanol–water partition coefficient (Wildman–Crippen LogP) is 1.17. The maximum absolute atomic E-state index is 6.01. The second-order valence-corrected chi connectivity index (χ2v) is 3.41. The van der Waals surface area contributed by atoms with Crippen LogP contribution in [0.1, 0.15) is 6.42 Å². The summed E-state index contributed by atoms with van der Waals surface area (Å²) in [6.07, 6.45) is 0.698. The van der Waals surface area contributed by atoms with Gasteiger partial charge in [0.05, 0.1) is 6.61 Å². The van der Waals surface area contributed by atoms with Gasteiger partial charge in [-0.25, -0.2) is 0 Å². The zero-order chi connectivity index (χ0) is 7.45. The first-order valence-corrected chi connectivity index (χ1v) is 4.28. The monoisotopic (exact) mass is 183 g/mol. The number of hydrogen-bond acceptors (Lipinski definition) is 2. The molecule has 2 nitrogen and oxygen atoms in total. The van der Waals surface area contributed by atoms with E-state index in [2.05, 4.69) is 5.32 Å². The van der Waals surface area contributed by atoms with Crippen LogP contribution in [0.2, 0.25) is 0 Å². The van der Waals surface area contributed by atoms with Crippen LogP contribution in [-0.4, -0.2) is 30.6 Å². The van der Waals surface area contributed by atoms with E-state index in [1.807, 2.05) is 0 Å². The fourth-order valence-corrected chi connectivity index (χ4v) is 1.60. The number of rotatable bonds is 2. The van der Waals surface area contributed by atoms with Crippen LogP contribution >= 0.6 is 23.2 Å². The summed E-state index contributed by atoms with van der Waals surface area (Å²) in [6, 6.07) is 0. The first-order valence-electron chi connectivity index (χ1n) is 3.36.